The van der Waals surface area contributed by atoms with Crippen molar-refractivity contribution in [3.63, 3.8) is 0 Å². The van der Waals surface area contributed by atoms with E-state index in [4.69, 9.17) is 4.74 Å². The van der Waals surface area contributed by atoms with Crippen molar-refractivity contribution in [1.29, 1.82) is 0 Å². The summed E-state index contributed by atoms with van der Waals surface area (Å²) in [5.41, 5.74) is 6.93. The van der Waals surface area contributed by atoms with Crippen LogP contribution in [0.25, 0.3) is 22.0 Å². The average Bonchev–Trinajstić information content (AvgIpc) is 3.15. The molecule has 1 aliphatic rings. The van der Waals surface area contributed by atoms with E-state index in [1.54, 1.807) is 18.3 Å². The molecular weight excluding hydrogens is 404 g/mol. The molecular formula is C25H22N4O3. The van der Waals surface area contributed by atoms with Gasteiger partial charge in [-0.1, -0.05) is 19.1 Å². The average molecular weight is 426 g/mol. The molecule has 2 aromatic heterocycles. The van der Waals surface area contributed by atoms with Crippen molar-refractivity contribution in [2.45, 2.75) is 33.4 Å². The summed E-state index contributed by atoms with van der Waals surface area (Å²) in [5.74, 6) is 0.566. The van der Waals surface area contributed by atoms with E-state index in [-0.39, 0.29) is 10.6 Å². The van der Waals surface area contributed by atoms with Crippen LogP contribution in [0.5, 0.6) is 5.88 Å². The first-order chi connectivity index (χ1) is 15.6. The number of nitro groups is 1. The second kappa shape index (κ2) is 7.92. The molecule has 32 heavy (non-hydrogen) atoms. The first kappa shape index (κ1) is 19.9. The number of hydrogen-bond donors (Lipinski definition) is 0. The van der Waals surface area contributed by atoms with Crippen LogP contribution in [-0.2, 0) is 13.2 Å². The van der Waals surface area contributed by atoms with Crippen LogP contribution in [0.15, 0.2) is 60.9 Å². The second-order valence-corrected chi connectivity index (χ2v) is 7.69. The maximum atomic E-state index is 11.4. The molecule has 1 aliphatic heterocycles. The van der Waals surface area contributed by atoms with E-state index < -0.39 is 0 Å². The van der Waals surface area contributed by atoms with Gasteiger partial charge in [-0.3, -0.25) is 14.8 Å². The highest BCUT2D eigenvalue weighted by atomic mass is 16.6. The summed E-state index contributed by atoms with van der Waals surface area (Å²) in [6.07, 6.45) is 4.29. The molecule has 7 heteroatoms. The number of non-ortho nitro benzene ring substituents is 1. The number of ether oxygens (including phenoxy) is 1. The topological polar surface area (TPSA) is 83.1 Å². The van der Waals surface area contributed by atoms with Gasteiger partial charge in [0, 0.05) is 35.8 Å². The van der Waals surface area contributed by atoms with E-state index in [1.807, 2.05) is 29.1 Å². The maximum Gasteiger partial charge on any atom is 0.270 e. The van der Waals surface area contributed by atoms with E-state index in [9.17, 15) is 10.1 Å². The molecule has 0 atom stereocenters. The number of fused-ring (bicyclic) bond motifs is 3. The fourth-order valence-electron chi connectivity index (χ4n) is 4.42. The molecule has 5 rings (SSSR count). The molecule has 0 amide bonds. The molecule has 7 nitrogen and oxygen atoms in total. The Hall–Kier alpha value is -4.00. The Balaban J connectivity index is 1.85. The Kier molecular flexibility index (Phi) is 4.93. The normalized spacial score (nSPS) is 14.3. The lowest BCUT2D eigenvalue weighted by molar-refractivity contribution is -0.384. The lowest BCUT2D eigenvalue weighted by atomic mass is 9.86. The van der Waals surface area contributed by atoms with Crippen molar-refractivity contribution in [2.24, 2.45) is 0 Å². The van der Waals surface area contributed by atoms with Gasteiger partial charge in [0.15, 0.2) is 0 Å². The number of hydrogen-bond acceptors (Lipinski definition) is 5. The standard InChI is InChI=1S/C25H22N4O3/c1-3-20(16-7-5-8-19(11-16)29(30)31)24-21-9-6-10-26-25(21)32-15-18-13-23-17(12-22(18)24)14-27-28(23)4-2/h5-14H,3-4,15H2,1-2H3/b24-20+. The summed E-state index contributed by atoms with van der Waals surface area (Å²) in [5, 5.41) is 17.0. The molecule has 160 valence electrons. The fourth-order valence-corrected chi connectivity index (χ4v) is 4.42. The van der Waals surface area contributed by atoms with E-state index >= 15 is 0 Å². The highest BCUT2D eigenvalue weighted by Crippen LogP contribution is 2.42. The van der Waals surface area contributed by atoms with Gasteiger partial charge < -0.3 is 4.74 Å². The molecule has 0 saturated heterocycles. The van der Waals surface area contributed by atoms with Crippen LogP contribution in [-0.4, -0.2) is 19.7 Å². The molecule has 0 N–H and O–H groups in total. The number of pyridine rings is 1. The van der Waals surface area contributed by atoms with Crippen LogP contribution in [0.1, 0.15) is 42.5 Å². The SMILES string of the molecule is CC/C(=C1\c2cc3cnn(CC)c3cc2COc2ncccc21)c1cccc([N+](=O)[O-])c1. The third-order valence-corrected chi connectivity index (χ3v) is 5.90. The molecule has 2 aromatic carbocycles. The minimum absolute atomic E-state index is 0.0743. The minimum atomic E-state index is -0.357. The van der Waals surface area contributed by atoms with Gasteiger partial charge in [-0.15, -0.1) is 0 Å². The first-order valence-electron chi connectivity index (χ1n) is 10.7. The summed E-state index contributed by atoms with van der Waals surface area (Å²) in [6.45, 7) is 5.30. The largest absolute Gasteiger partial charge is 0.472 e. The molecule has 0 bridgehead atoms. The molecule has 3 heterocycles. The van der Waals surface area contributed by atoms with Gasteiger partial charge in [0.2, 0.25) is 5.88 Å². The number of aryl methyl sites for hydroxylation is 1. The second-order valence-electron chi connectivity index (χ2n) is 7.69. The van der Waals surface area contributed by atoms with Crippen LogP contribution < -0.4 is 4.74 Å². The molecule has 4 aromatic rings. The van der Waals surface area contributed by atoms with Crippen LogP contribution >= 0.6 is 0 Å². The van der Waals surface area contributed by atoms with Gasteiger partial charge in [-0.05, 0) is 65.4 Å². The monoisotopic (exact) mass is 426 g/mol. The van der Waals surface area contributed by atoms with E-state index in [1.165, 1.54) is 6.07 Å². The molecule has 0 saturated carbocycles. The third-order valence-electron chi connectivity index (χ3n) is 5.90. The smallest absolute Gasteiger partial charge is 0.270 e. The Morgan fingerprint density at radius 2 is 2.03 bits per heavy atom. The molecule has 0 unspecified atom stereocenters. The number of nitro benzene ring substituents is 1. The van der Waals surface area contributed by atoms with Crippen molar-refractivity contribution in [2.75, 3.05) is 0 Å². The molecule has 0 spiro atoms. The van der Waals surface area contributed by atoms with Gasteiger partial charge in [0.1, 0.15) is 6.61 Å². The molecule has 0 aliphatic carbocycles. The number of allylic oxidation sites excluding steroid dienone is 1. The minimum Gasteiger partial charge on any atom is -0.472 e. The lowest BCUT2D eigenvalue weighted by Gasteiger charge is -2.17. The summed E-state index contributed by atoms with van der Waals surface area (Å²) >= 11 is 0. The van der Waals surface area contributed by atoms with Crippen LogP contribution in [0.3, 0.4) is 0 Å². The van der Waals surface area contributed by atoms with E-state index in [0.717, 1.165) is 50.8 Å². The maximum absolute atomic E-state index is 11.4. The zero-order valence-corrected chi connectivity index (χ0v) is 17.9. The highest BCUT2D eigenvalue weighted by molar-refractivity contribution is 6.02. The Morgan fingerprint density at radius 3 is 2.81 bits per heavy atom. The zero-order chi connectivity index (χ0) is 22.2. The molecule has 0 radical (unpaired) electrons. The summed E-state index contributed by atoms with van der Waals surface area (Å²) in [4.78, 5) is 15.5. The van der Waals surface area contributed by atoms with Crippen molar-refractivity contribution < 1.29 is 9.66 Å². The number of rotatable bonds is 4. The first-order valence-corrected chi connectivity index (χ1v) is 10.7. The summed E-state index contributed by atoms with van der Waals surface area (Å²) in [7, 11) is 0. The van der Waals surface area contributed by atoms with Gasteiger partial charge in [-0.25, -0.2) is 4.98 Å². The Morgan fingerprint density at radius 1 is 1.16 bits per heavy atom. The number of nitrogens with zero attached hydrogens (tertiary/aromatic N) is 4. The zero-order valence-electron chi connectivity index (χ0n) is 17.9. The van der Waals surface area contributed by atoms with Crippen molar-refractivity contribution in [3.8, 4) is 5.88 Å². The number of aromatic nitrogens is 3. The van der Waals surface area contributed by atoms with Gasteiger partial charge in [0.25, 0.3) is 5.69 Å². The predicted molar refractivity (Wildman–Crippen MR) is 123 cm³/mol. The van der Waals surface area contributed by atoms with E-state index in [0.29, 0.717) is 18.9 Å². The van der Waals surface area contributed by atoms with Crippen molar-refractivity contribution >= 4 is 27.7 Å². The van der Waals surface area contributed by atoms with Gasteiger partial charge in [-0.2, -0.15) is 5.10 Å². The third kappa shape index (κ3) is 3.22. The Labute approximate surface area is 185 Å². The predicted octanol–water partition coefficient (Wildman–Crippen LogP) is 5.62. The van der Waals surface area contributed by atoms with Gasteiger partial charge >= 0.3 is 0 Å². The van der Waals surface area contributed by atoms with Crippen LogP contribution in [0, 0.1) is 10.1 Å². The number of benzene rings is 2. The lowest BCUT2D eigenvalue weighted by Crippen LogP contribution is -2.00. The summed E-state index contributed by atoms with van der Waals surface area (Å²) < 4.78 is 8.08. The Bertz CT molecular complexity index is 1390. The molecule has 0 fully saturated rings. The van der Waals surface area contributed by atoms with Crippen LogP contribution in [0.2, 0.25) is 0 Å². The van der Waals surface area contributed by atoms with Crippen molar-refractivity contribution in [1.82, 2.24) is 14.8 Å². The highest BCUT2D eigenvalue weighted by Gasteiger charge is 2.25. The van der Waals surface area contributed by atoms with E-state index in [2.05, 4.69) is 36.1 Å². The van der Waals surface area contributed by atoms with Gasteiger partial charge in [0.05, 0.1) is 16.6 Å². The van der Waals surface area contributed by atoms with Crippen molar-refractivity contribution in [3.05, 3.63) is 93.3 Å². The van der Waals surface area contributed by atoms with Crippen LogP contribution in [0.4, 0.5) is 5.69 Å². The quantitative estimate of drug-likeness (QED) is 0.312. The fraction of sp³-hybridized carbons (Fsp3) is 0.200. The summed E-state index contributed by atoms with van der Waals surface area (Å²) in [6, 6.07) is 15.0.